The molecule has 2 bridgehead atoms. The van der Waals surface area contributed by atoms with Gasteiger partial charge in [-0.25, -0.2) is 4.98 Å². The van der Waals surface area contributed by atoms with Crippen molar-refractivity contribution in [2.75, 3.05) is 18.0 Å². The predicted molar refractivity (Wildman–Crippen MR) is 58.7 cm³/mol. The molecule has 0 N–H and O–H groups in total. The van der Waals surface area contributed by atoms with E-state index in [9.17, 15) is 9.90 Å². The van der Waals surface area contributed by atoms with Crippen molar-refractivity contribution < 1.29 is 14.6 Å². The Hall–Kier alpha value is -1.62. The largest absolute Gasteiger partial charge is 0.545 e. The van der Waals surface area contributed by atoms with E-state index in [2.05, 4.69) is 4.98 Å². The molecule has 0 amide bonds. The first kappa shape index (κ1) is 10.5. The van der Waals surface area contributed by atoms with Gasteiger partial charge in [-0.3, -0.25) is 0 Å². The number of carbonyl (C=O) groups is 1. The lowest BCUT2D eigenvalue weighted by Crippen LogP contribution is -2.44. The van der Waals surface area contributed by atoms with Gasteiger partial charge >= 0.3 is 0 Å². The highest BCUT2D eigenvalue weighted by Crippen LogP contribution is 2.29. The monoisotopic (exact) mass is 233 g/mol. The Balaban J connectivity index is 1.91. The Morgan fingerprint density at radius 1 is 1.41 bits per heavy atom. The Morgan fingerprint density at radius 2 is 2.12 bits per heavy atom. The number of fused-ring (bicyclic) bond motifs is 2. The van der Waals surface area contributed by atoms with Crippen molar-refractivity contribution in [3.05, 3.63) is 23.9 Å². The molecule has 5 nitrogen and oxygen atoms in total. The second-order valence-electron chi connectivity index (χ2n) is 4.52. The van der Waals surface area contributed by atoms with Crippen molar-refractivity contribution in [2.45, 2.75) is 25.0 Å². The van der Waals surface area contributed by atoms with Gasteiger partial charge in [0.2, 0.25) is 0 Å². The van der Waals surface area contributed by atoms with Crippen LogP contribution in [0.4, 0.5) is 5.82 Å². The van der Waals surface area contributed by atoms with Crippen molar-refractivity contribution in [1.82, 2.24) is 4.98 Å². The summed E-state index contributed by atoms with van der Waals surface area (Å²) in [5.41, 5.74) is 0.161. The van der Waals surface area contributed by atoms with E-state index in [4.69, 9.17) is 4.74 Å². The van der Waals surface area contributed by atoms with Crippen LogP contribution in [0.2, 0.25) is 0 Å². The first-order valence-corrected chi connectivity index (χ1v) is 5.81. The van der Waals surface area contributed by atoms with Crippen LogP contribution in [0.1, 0.15) is 23.2 Å². The molecule has 2 aliphatic rings. The molecule has 17 heavy (non-hydrogen) atoms. The molecule has 1 aromatic heterocycles. The van der Waals surface area contributed by atoms with Crippen molar-refractivity contribution in [1.29, 1.82) is 0 Å². The smallest absolute Gasteiger partial charge is 0.137 e. The van der Waals surface area contributed by atoms with Gasteiger partial charge in [0, 0.05) is 24.8 Å². The lowest BCUT2D eigenvalue weighted by atomic mass is 10.2. The molecule has 0 spiro atoms. The van der Waals surface area contributed by atoms with Crippen LogP contribution in [0.5, 0.6) is 0 Å². The lowest BCUT2D eigenvalue weighted by molar-refractivity contribution is -0.255. The summed E-state index contributed by atoms with van der Waals surface area (Å²) < 4.78 is 5.72. The highest BCUT2D eigenvalue weighted by Gasteiger charge is 2.34. The second-order valence-corrected chi connectivity index (χ2v) is 4.52. The number of rotatable bonds is 2. The Bertz CT molecular complexity index is 437. The molecule has 90 valence electrons. The Labute approximate surface area is 99.0 Å². The summed E-state index contributed by atoms with van der Waals surface area (Å²) in [4.78, 5) is 17.2. The maximum absolute atomic E-state index is 11.0. The first-order chi connectivity index (χ1) is 8.24. The number of anilines is 1. The first-order valence-electron chi connectivity index (χ1n) is 5.81. The number of nitrogens with zero attached hydrogens (tertiary/aromatic N) is 2. The number of hydrogen-bond donors (Lipinski definition) is 0. The number of carboxylic acids is 1. The summed E-state index contributed by atoms with van der Waals surface area (Å²) >= 11 is 0. The summed E-state index contributed by atoms with van der Waals surface area (Å²) in [5, 5.41) is 11.0. The molecule has 0 aliphatic carbocycles. The van der Waals surface area contributed by atoms with E-state index in [1.807, 2.05) is 4.90 Å². The molecule has 2 unspecified atom stereocenters. The van der Waals surface area contributed by atoms with Crippen LogP contribution in [-0.4, -0.2) is 36.3 Å². The van der Waals surface area contributed by atoms with Crippen LogP contribution < -0.4 is 10.0 Å². The molecule has 1 aromatic rings. The fraction of sp³-hybridized carbons (Fsp3) is 0.500. The van der Waals surface area contributed by atoms with E-state index >= 15 is 0 Å². The Kier molecular flexibility index (Phi) is 2.48. The zero-order chi connectivity index (χ0) is 11.8. The van der Waals surface area contributed by atoms with Crippen LogP contribution in [0.3, 0.4) is 0 Å². The van der Waals surface area contributed by atoms with Gasteiger partial charge in [0.15, 0.2) is 0 Å². The lowest BCUT2D eigenvalue weighted by Gasteiger charge is -2.34. The second kappa shape index (κ2) is 4.00. The van der Waals surface area contributed by atoms with Crippen LogP contribution >= 0.6 is 0 Å². The van der Waals surface area contributed by atoms with Gasteiger partial charge in [0.1, 0.15) is 5.82 Å². The molecular formula is C12H13N2O3-. The van der Waals surface area contributed by atoms with Gasteiger partial charge in [-0.1, -0.05) is 0 Å². The molecule has 2 aliphatic heterocycles. The van der Waals surface area contributed by atoms with Gasteiger partial charge in [0.05, 0.1) is 18.2 Å². The van der Waals surface area contributed by atoms with Crippen LogP contribution in [0.15, 0.2) is 18.3 Å². The van der Waals surface area contributed by atoms with Crippen LogP contribution in [-0.2, 0) is 4.74 Å². The van der Waals surface area contributed by atoms with Gasteiger partial charge in [0.25, 0.3) is 0 Å². The predicted octanol–water partition coefficient (Wildman–Crippen LogP) is -0.187. The fourth-order valence-electron chi connectivity index (χ4n) is 2.60. The number of aromatic carboxylic acids is 1. The molecule has 3 rings (SSSR count). The van der Waals surface area contributed by atoms with E-state index in [-0.39, 0.29) is 17.8 Å². The van der Waals surface area contributed by atoms with Crippen molar-refractivity contribution >= 4 is 11.8 Å². The summed E-state index contributed by atoms with van der Waals surface area (Å²) in [6.45, 7) is 1.43. The zero-order valence-electron chi connectivity index (χ0n) is 9.33. The molecular weight excluding hydrogens is 220 g/mol. The molecule has 0 saturated carbocycles. The fourth-order valence-corrected chi connectivity index (χ4v) is 2.60. The SMILES string of the molecule is O=C([O-])c1cccnc1N1CC2CCC(C1)O2. The Morgan fingerprint density at radius 3 is 2.76 bits per heavy atom. The summed E-state index contributed by atoms with van der Waals surface area (Å²) in [6.07, 6.45) is 4.14. The highest BCUT2D eigenvalue weighted by molar-refractivity contribution is 5.91. The van der Waals surface area contributed by atoms with Gasteiger partial charge < -0.3 is 19.5 Å². The molecule has 3 heterocycles. The maximum Gasteiger partial charge on any atom is 0.137 e. The standard InChI is InChI=1S/C12H14N2O3/c15-12(16)10-2-1-5-13-11(10)14-6-8-3-4-9(7-14)17-8/h1-2,5,8-9H,3-4,6-7H2,(H,15,16)/p-1. The highest BCUT2D eigenvalue weighted by atomic mass is 16.5. The number of carboxylic acid groups (broad SMARTS) is 1. The van der Waals surface area contributed by atoms with E-state index < -0.39 is 5.97 Å². The van der Waals surface area contributed by atoms with Gasteiger partial charge in [-0.2, -0.15) is 0 Å². The van der Waals surface area contributed by atoms with E-state index in [1.165, 1.54) is 6.07 Å². The van der Waals surface area contributed by atoms with Gasteiger partial charge in [-0.15, -0.1) is 0 Å². The molecule has 0 radical (unpaired) electrons. The minimum absolute atomic E-state index is 0.161. The number of pyridine rings is 1. The molecule has 2 saturated heterocycles. The zero-order valence-corrected chi connectivity index (χ0v) is 9.33. The third-order valence-corrected chi connectivity index (χ3v) is 3.35. The molecule has 5 heteroatoms. The van der Waals surface area contributed by atoms with Crippen LogP contribution in [0, 0.1) is 0 Å². The summed E-state index contributed by atoms with van der Waals surface area (Å²) in [7, 11) is 0. The van der Waals surface area contributed by atoms with Crippen LogP contribution in [0.25, 0.3) is 0 Å². The van der Waals surface area contributed by atoms with Crippen molar-refractivity contribution in [3.63, 3.8) is 0 Å². The molecule has 0 aromatic carbocycles. The number of aromatic nitrogens is 1. The number of carbonyl (C=O) groups excluding carboxylic acids is 1. The topological polar surface area (TPSA) is 65.5 Å². The normalized spacial score (nSPS) is 27.2. The summed E-state index contributed by atoms with van der Waals surface area (Å²) in [5.74, 6) is -0.667. The van der Waals surface area contributed by atoms with E-state index in [1.54, 1.807) is 12.3 Å². The van der Waals surface area contributed by atoms with E-state index in [0.717, 1.165) is 12.8 Å². The number of morpholine rings is 1. The quantitative estimate of drug-likeness (QED) is 0.708. The third kappa shape index (κ3) is 1.86. The average molecular weight is 233 g/mol. The minimum atomic E-state index is -1.17. The van der Waals surface area contributed by atoms with E-state index in [0.29, 0.717) is 18.9 Å². The number of ether oxygens (including phenoxy) is 1. The minimum Gasteiger partial charge on any atom is -0.545 e. The average Bonchev–Trinajstić information content (AvgIpc) is 2.68. The third-order valence-electron chi connectivity index (χ3n) is 3.35. The summed E-state index contributed by atoms with van der Waals surface area (Å²) in [6, 6.07) is 3.15. The van der Waals surface area contributed by atoms with Crippen molar-refractivity contribution in [3.8, 4) is 0 Å². The molecule has 2 fully saturated rings. The van der Waals surface area contributed by atoms with Crippen molar-refractivity contribution in [2.24, 2.45) is 0 Å². The molecule has 2 atom stereocenters. The van der Waals surface area contributed by atoms with Gasteiger partial charge in [-0.05, 0) is 25.0 Å². The number of hydrogen-bond acceptors (Lipinski definition) is 5. The maximum atomic E-state index is 11.0.